The van der Waals surface area contributed by atoms with E-state index in [0.29, 0.717) is 32.7 Å². The summed E-state index contributed by atoms with van der Waals surface area (Å²) >= 11 is 0. The number of ether oxygens (including phenoxy) is 2. The van der Waals surface area contributed by atoms with E-state index in [0.717, 1.165) is 11.3 Å². The van der Waals surface area contributed by atoms with Crippen LogP contribution in [0.2, 0.25) is 0 Å². The van der Waals surface area contributed by atoms with Crippen LogP contribution in [0.1, 0.15) is 25.3 Å². The zero-order chi connectivity index (χ0) is 13.3. The van der Waals surface area contributed by atoms with Crippen LogP contribution in [0, 0.1) is 0 Å². The van der Waals surface area contributed by atoms with Gasteiger partial charge in [0.05, 0.1) is 25.4 Å². The molecule has 0 radical (unpaired) electrons. The first kappa shape index (κ1) is 12.9. The van der Waals surface area contributed by atoms with E-state index in [2.05, 4.69) is 5.32 Å². The third-order valence-electron chi connectivity index (χ3n) is 3.98. The predicted octanol–water partition coefficient (Wildman–Crippen LogP) is 1.42. The van der Waals surface area contributed by atoms with Crippen molar-refractivity contribution >= 4 is 0 Å². The Morgan fingerprint density at radius 3 is 2.47 bits per heavy atom. The number of piperidine rings is 1. The minimum absolute atomic E-state index is 0.254. The van der Waals surface area contributed by atoms with E-state index in [1.165, 1.54) is 0 Å². The molecule has 0 spiro atoms. The van der Waals surface area contributed by atoms with Crippen molar-refractivity contribution in [2.75, 3.05) is 19.8 Å². The van der Waals surface area contributed by atoms with Gasteiger partial charge in [0.2, 0.25) is 0 Å². The zero-order valence-corrected chi connectivity index (χ0v) is 11.3. The van der Waals surface area contributed by atoms with Crippen LogP contribution in [0.15, 0.2) is 24.3 Å². The van der Waals surface area contributed by atoms with Gasteiger partial charge in [0.1, 0.15) is 5.75 Å². The Labute approximate surface area is 113 Å². The first-order valence-electron chi connectivity index (χ1n) is 6.99. The van der Waals surface area contributed by atoms with E-state index in [9.17, 15) is 5.11 Å². The Balaban J connectivity index is 1.79. The van der Waals surface area contributed by atoms with Crippen molar-refractivity contribution in [2.45, 2.75) is 37.5 Å². The average Bonchev–Trinajstić information content (AvgIpc) is 2.39. The molecular formula is C15H21NO3. The van der Waals surface area contributed by atoms with Crippen LogP contribution in [-0.4, -0.2) is 37.0 Å². The molecule has 0 aliphatic carbocycles. The van der Waals surface area contributed by atoms with Crippen molar-refractivity contribution in [2.24, 2.45) is 0 Å². The number of nitrogens with one attached hydrogen (secondary N) is 1. The first-order valence-corrected chi connectivity index (χ1v) is 6.99. The van der Waals surface area contributed by atoms with E-state index < -0.39 is 5.60 Å². The van der Waals surface area contributed by atoms with E-state index in [4.69, 9.17) is 9.47 Å². The summed E-state index contributed by atoms with van der Waals surface area (Å²) in [5.41, 5.74) is 0.240. The van der Waals surface area contributed by atoms with Gasteiger partial charge in [-0.2, -0.15) is 0 Å². The lowest BCUT2D eigenvalue weighted by molar-refractivity contribution is -0.0802. The van der Waals surface area contributed by atoms with Gasteiger partial charge in [-0.15, -0.1) is 0 Å². The van der Waals surface area contributed by atoms with Crippen LogP contribution in [0.4, 0.5) is 0 Å². The van der Waals surface area contributed by atoms with Crippen molar-refractivity contribution in [1.29, 1.82) is 0 Å². The highest BCUT2D eigenvalue weighted by Gasteiger charge is 2.42. The zero-order valence-electron chi connectivity index (χ0n) is 11.3. The first-order chi connectivity index (χ1) is 9.19. The molecule has 4 heteroatoms. The van der Waals surface area contributed by atoms with Gasteiger partial charge < -0.3 is 19.9 Å². The maximum Gasteiger partial charge on any atom is 0.119 e. The summed E-state index contributed by atoms with van der Waals surface area (Å²) in [6, 6.07) is 8.34. The summed E-state index contributed by atoms with van der Waals surface area (Å²) in [5.74, 6) is 0.854. The SMILES string of the molecule is CCOc1ccc(C2(O)CC3COCC(C2)N3)cc1. The van der Waals surface area contributed by atoms with E-state index in [1.54, 1.807) is 0 Å². The van der Waals surface area contributed by atoms with Gasteiger partial charge in [0, 0.05) is 12.1 Å². The van der Waals surface area contributed by atoms with Gasteiger partial charge in [-0.1, -0.05) is 12.1 Å². The molecule has 2 saturated heterocycles. The van der Waals surface area contributed by atoms with Crippen LogP contribution in [-0.2, 0) is 10.3 Å². The molecule has 0 aromatic heterocycles. The van der Waals surface area contributed by atoms with E-state index in [-0.39, 0.29) is 12.1 Å². The normalized spacial score (nSPS) is 34.0. The second-order valence-electron chi connectivity index (χ2n) is 5.50. The maximum atomic E-state index is 10.9. The lowest BCUT2D eigenvalue weighted by atomic mass is 9.78. The lowest BCUT2D eigenvalue weighted by Gasteiger charge is -2.45. The van der Waals surface area contributed by atoms with Gasteiger partial charge in [-0.3, -0.25) is 0 Å². The highest BCUT2D eigenvalue weighted by molar-refractivity contribution is 5.32. The van der Waals surface area contributed by atoms with Crippen LogP contribution in [0.3, 0.4) is 0 Å². The molecule has 0 saturated carbocycles. The minimum Gasteiger partial charge on any atom is -0.494 e. The van der Waals surface area contributed by atoms with Crippen LogP contribution in [0.5, 0.6) is 5.75 Å². The number of hydrogen-bond acceptors (Lipinski definition) is 4. The Morgan fingerprint density at radius 2 is 1.89 bits per heavy atom. The molecule has 2 bridgehead atoms. The summed E-state index contributed by atoms with van der Waals surface area (Å²) in [6.45, 7) is 4.01. The van der Waals surface area contributed by atoms with E-state index >= 15 is 0 Å². The molecule has 2 aliphatic rings. The third kappa shape index (κ3) is 2.61. The Hall–Kier alpha value is -1.10. The van der Waals surface area contributed by atoms with Crippen LogP contribution >= 0.6 is 0 Å². The molecule has 4 nitrogen and oxygen atoms in total. The van der Waals surface area contributed by atoms with Crippen molar-refractivity contribution in [1.82, 2.24) is 5.32 Å². The molecule has 2 heterocycles. The van der Waals surface area contributed by atoms with Crippen molar-refractivity contribution < 1.29 is 14.6 Å². The molecule has 104 valence electrons. The van der Waals surface area contributed by atoms with Crippen LogP contribution in [0.25, 0.3) is 0 Å². The standard InChI is InChI=1S/C15H21NO3/c1-2-19-14-5-3-11(4-6-14)15(17)7-12-9-18-10-13(8-15)16-12/h3-6,12-13,16-17H,2,7-10H2,1H3. The summed E-state index contributed by atoms with van der Waals surface area (Å²) in [6.07, 6.45) is 1.41. The highest BCUT2D eigenvalue weighted by atomic mass is 16.5. The van der Waals surface area contributed by atoms with Gasteiger partial charge in [-0.05, 0) is 37.5 Å². The number of hydrogen-bond donors (Lipinski definition) is 2. The molecule has 2 unspecified atom stereocenters. The fourth-order valence-corrected chi connectivity index (χ4v) is 3.18. The van der Waals surface area contributed by atoms with Gasteiger partial charge in [-0.25, -0.2) is 0 Å². The second kappa shape index (κ2) is 5.12. The third-order valence-corrected chi connectivity index (χ3v) is 3.98. The fourth-order valence-electron chi connectivity index (χ4n) is 3.18. The molecule has 2 fully saturated rings. The quantitative estimate of drug-likeness (QED) is 0.866. The number of benzene rings is 1. The Kier molecular flexibility index (Phi) is 3.48. The molecule has 3 rings (SSSR count). The molecular weight excluding hydrogens is 242 g/mol. The molecule has 1 aromatic carbocycles. The fraction of sp³-hybridized carbons (Fsp3) is 0.600. The number of fused-ring (bicyclic) bond motifs is 2. The average molecular weight is 263 g/mol. The number of aliphatic hydroxyl groups is 1. The van der Waals surface area contributed by atoms with Crippen LogP contribution < -0.4 is 10.1 Å². The molecule has 19 heavy (non-hydrogen) atoms. The summed E-state index contributed by atoms with van der Waals surface area (Å²) in [5, 5.41) is 14.4. The van der Waals surface area contributed by atoms with Crippen molar-refractivity contribution in [3.8, 4) is 5.75 Å². The van der Waals surface area contributed by atoms with Crippen molar-refractivity contribution in [3.63, 3.8) is 0 Å². The molecule has 2 N–H and O–H groups in total. The smallest absolute Gasteiger partial charge is 0.119 e. The molecule has 1 aromatic rings. The Bertz CT molecular complexity index is 420. The molecule has 2 atom stereocenters. The molecule has 0 amide bonds. The summed E-state index contributed by atoms with van der Waals surface area (Å²) in [4.78, 5) is 0. The highest BCUT2D eigenvalue weighted by Crippen LogP contribution is 2.37. The van der Waals surface area contributed by atoms with E-state index in [1.807, 2.05) is 31.2 Å². The number of morpholine rings is 1. The minimum atomic E-state index is -0.741. The summed E-state index contributed by atoms with van der Waals surface area (Å²) in [7, 11) is 0. The van der Waals surface area contributed by atoms with Crippen molar-refractivity contribution in [3.05, 3.63) is 29.8 Å². The van der Waals surface area contributed by atoms with Gasteiger partial charge in [0.15, 0.2) is 0 Å². The maximum absolute atomic E-state index is 10.9. The molecule has 2 aliphatic heterocycles. The number of rotatable bonds is 3. The second-order valence-corrected chi connectivity index (χ2v) is 5.50. The monoisotopic (exact) mass is 263 g/mol. The largest absolute Gasteiger partial charge is 0.494 e. The topological polar surface area (TPSA) is 50.7 Å². The van der Waals surface area contributed by atoms with Gasteiger partial charge in [0.25, 0.3) is 0 Å². The summed E-state index contributed by atoms with van der Waals surface area (Å²) < 4.78 is 11.0. The lowest BCUT2D eigenvalue weighted by Crippen LogP contribution is -2.58. The Morgan fingerprint density at radius 1 is 1.26 bits per heavy atom. The van der Waals surface area contributed by atoms with Gasteiger partial charge >= 0.3 is 0 Å². The predicted molar refractivity (Wildman–Crippen MR) is 72.3 cm³/mol.